The highest BCUT2D eigenvalue weighted by Gasteiger charge is 2.14. The fourth-order valence-corrected chi connectivity index (χ4v) is 1.89. The van der Waals surface area contributed by atoms with Gasteiger partial charge in [0, 0.05) is 5.56 Å². The maximum absolute atomic E-state index is 13.2. The van der Waals surface area contributed by atoms with Crippen LogP contribution in [0, 0.1) is 5.82 Å². The Balaban J connectivity index is 1.91. The zero-order valence-electron chi connectivity index (χ0n) is 11.5. The number of amides is 1. The largest absolute Gasteiger partial charge is 0.508 e. The molecule has 110 valence electrons. The van der Waals surface area contributed by atoms with E-state index in [4.69, 9.17) is 4.74 Å². The second-order valence-electron chi connectivity index (χ2n) is 4.63. The molecule has 0 aliphatic heterocycles. The second-order valence-corrected chi connectivity index (χ2v) is 4.63. The molecule has 0 aliphatic carbocycles. The molecule has 0 saturated carbocycles. The molecule has 1 atom stereocenters. The van der Waals surface area contributed by atoms with E-state index >= 15 is 0 Å². The summed E-state index contributed by atoms with van der Waals surface area (Å²) < 4.78 is 18.2. The third kappa shape index (κ3) is 4.21. The first kappa shape index (κ1) is 14.8. The Hall–Kier alpha value is -2.56. The van der Waals surface area contributed by atoms with E-state index in [1.54, 1.807) is 6.92 Å². The molecule has 1 amide bonds. The molecule has 2 aromatic rings. The van der Waals surface area contributed by atoms with Crippen LogP contribution in [0.15, 0.2) is 48.5 Å². The number of carbonyl (C=O) groups is 1. The van der Waals surface area contributed by atoms with Crippen LogP contribution in [0.25, 0.3) is 0 Å². The number of benzene rings is 2. The zero-order chi connectivity index (χ0) is 15.2. The lowest BCUT2D eigenvalue weighted by Crippen LogP contribution is -2.27. The SMILES string of the molecule is CC(NC(=O)OCc1ccccc1)c1cc(F)ccc1O. The zero-order valence-corrected chi connectivity index (χ0v) is 11.5. The maximum atomic E-state index is 13.2. The number of nitrogens with one attached hydrogen (secondary N) is 1. The van der Waals surface area contributed by atoms with Crippen molar-refractivity contribution in [1.82, 2.24) is 5.32 Å². The van der Waals surface area contributed by atoms with Gasteiger partial charge in [-0.1, -0.05) is 30.3 Å². The Morgan fingerprint density at radius 3 is 2.71 bits per heavy atom. The molecule has 2 rings (SSSR count). The average molecular weight is 289 g/mol. The highest BCUT2D eigenvalue weighted by atomic mass is 19.1. The Kier molecular flexibility index (Phi) is 4.77. The lowest BCUT2D eigenvalue weighted by Gasteiger charge is -2.15. The van der Waals surface area contributed by atoms with Gasteiger partial charge in [0.1, 0.15) is 18.2 Å². The average Bonchev–Trinajstić information content (AvgIpc) is 2.48. The number of alkyl carbamates (subject to hydrolysis) is 1. The van der Waals surface area contributed by atoms with Crippen LogP contribution in [-0.2, 0) is 11.3 Å². The van der Waals surface area contributed by atoms with Gasteiger partial charge in [-0.05, 0) is 30.7 Å². The summed E-state index contributed by atoms with van der Waals surface area (Å²) in [6, 6.07) is 12.3. The minimum Gasteiger partial charge on any atom is -0.508 e. The van der Waals surface area contributed by atoms with E-state index in [-0.39, 0.29) is 12.4 Å². The molecule has 0 aliphatic rings. The van der Waals surface area contributed by atoms with Crippen molar-refractivity contribution in [2.75, 3.05) is 0 Å². The van der Waals surface area contributed by atoms with Crippen LogP contribution in [0.3, 0.4) is 0 Å². The Bertz CT molecular complexity index is 616. The van der Waals surface area contributed by atoms with Crippen LogP contribution < -0.4 is 5.32 Å². The smallest absolute Gasteiger partial charge is 0.407 e. The molecule has 0 bridgehead atoms. The Morgan fingerprint density at radius 1 is 1.29 bits per heavy atom. The highest BCUT2D eigenvalue weighted by Crippen LogP contribution is 2.24. The van der Waals surface area contributed by atoms with Crippen molar-refractivity contribution in [2.24, 2.45) is 0 Å². The van der Waals surface area contributed by atoms with E-state index in [1.807, 2.05) is 30.3 Å². The van der Waals surface area contributed by atoms with Gasteiger partial charge in [-0.25, -0.2) is 9.18 Å². The number of ether oxygens (including phenoxy) is 1. The molecular formula is C16H16FNO3. The predicted molar refractivity (Wildman–Crippen MR) is 76.2 cm³/mol. The molecule has 2 N–H and O–H groups in total. The van der Waals surface area contributed by atoms with Gasteiger partial charge in [-0.3, -0.25) is 0 Å². The minimum atomic E-state index is -0.630. The third-order valence-corrected chi connectivity index (χ3v) is 3.00. The summed E-state index contributed by atoms with van der Waals surface area (Å²) in [4.78, 5) is 11.7. The van der Waals surface area contributed by atoms with Crippen LogP contribution in [-0.4, -0.2) is 11.2 Å². The molecule has 1 unspecified atom stereocenters. The van der Waals surface area contributed by atoms with E-state index in [2.05, 4.69) is 5.32 Å². The highest BCUT2D eigenvalue weighted by molar-refractivity contribution is 5.68. The van der Waals surface area contributed by atoms with Crippen molar-refractivity contribution in [1.29, 1.82) is 0 Å². The van der Waals surface area contributed by atoms with Gasteiger partial charge in [0.2, 0.25) is 0 Å². The van der Waals surface area contributed by atoms with Crippen LogP contribution >= 0.6 is 0 Å². The minimum absolute atomic E-state index is 0.0766. The molecule has 2 aromatic carbocycles. The van der Waals surface area contributed by atoms with Crippen LogP contribution in [0.2, 0.25) is 0 Å². The van der Waals surface area contributed by atoms with Crippen molar-refractivity contribution in [2.45, 2.75) is 19.6 Å². The second kappa shape index (κ2) is 6.74. The van der Waals surface area contributed by atoms with Crippen LogP contribution in [0.1, 0.15) is 24.1 Å². The van der Waals surface area contributed by atoms with Crippen molar-refractivity contribution >= 4 is 6.09 Å². The summed E-state index contributed by atoms with van der Waals surface area (Å²) in [7, 11) is 0. The van der Waals surface area contributed by atoms with Crippen molar-refractivity contribution in [3.8, 4) is 5.75 Å². The molecule has 0 spiro atoms. The van der Waals surface area contributed by atoms with Crippen molar-refractivity contribution < 1.29 is 19.0 Å². The number of aromatic hydroxyl groups is 1. The molecule has 5 heteroatoms. The Morgan fingerprint density at radius 2 is 2.00 bits per heavy atom. The van der Waals surface area contributed by atoms with E-state index in [0.29, 0.717) is 5.56 Å². The van der Waals surface area contributed by atoms with Gasteiger partial charge < -0.3 is 15.2 Å². The number of carbonyl (C=O) groups excluding carboxylic acids is 1. The molecule has 0 radical (unpaired) electrons. The molecule has 0 saturated heterocycles. The molecule has 21 heavy (non-hydrogen) atoms. The molecule has 0 fully saturated rings. The molecule has 0 aromatic heterocycles. The van der Waals surface area contributed by atoms with Crippen molar-refractivity contribution in [3.63, 3.8) is 0 Å². The van der Waals surface area contributed by atoms with E-state index in [1.165, 1.54) is 12.1 Å². The van der Waals surface area contributed by atoms with Crippen LogP contribution in [0.5, 0.6) is 5.75 Å². The first-order valence-corrected chi connectivity index (χ1v) is 6.52. The number of hydrogen-bond donors (Lipinski definition) is 2. The van der Waals surface area contributed by atoms with Gasteiger partial charge in [0.25, 0.3) is 0 Å². The maximum Gasteiger partial charge on any atom is 0.407 e. The lowest BCUT2D eigenvalue weighted by molar-refractivity contribution is 0.136. The van der Waals surface area contributed by atoms with Gasteiger partial charge in [0.15, 0.2) is 0 Å². The number of phenols is 1. The standard InChI is InChI=1S/C16H16FNO3/c1-11(14-9-13(17)7-8-15(14)19)18-16(20)21-10-12-5-3-2-4-6-12/h2-9,11,19H,10H2,1H3,(H,18,20). The normalized spacial score (nSPS) is 11.7. The molecular weight excluding hydrogens is 273 g/mol. The summed E-state index contributed by atoms with van der Waals surface area (Å²) in [5, 5.41) is 12.2. The van der Waals surface area contributed by atoms with Crippen LogP contribution in [0.4, 0.5) is 9.18 Å². The fraction of sp³-hybridized carbons (Fsp3) is 0.188. The van der Waals surface area contributed by atoms with E-state index < -0.39 is 18.0 Å². The fourth-order valence-electron chi connectivity index (χ4n) is 1.89. The van der Waals surface area contributed by atoms with Gasteiger partial charge in [-0.2, -0.15) is 0 Å². The number of hydrogen-bond acceptors (Lipinski definition) is 3. The topological polar surface area (TPSA) is 58.6 Å². The first-order valence-electron chi connectivity index (χ1n) is 6.52. The molecule has 0 heterocycles. The lowest BCUT2D eigenvalue weighted by atomic mass is 10.1. The van der Waals surface area contributed by atoms with Gasteiger partial charge >= 0.3 is 6.09 Å². The summed E-state index contributed by atoms with van der Waals surface area (Å²) in [6.45, 7) is 1.78. The first-order chi connectivity index (χ1) is 10.1. The molecule has 4 nitrogen and oxygen atoms in total. The number of phenolic OH excluding ortho intramolecular Hbond substituents is 1. The van der Waals surface area contributed by atoms with Gasteiger partial charge in [0.05, 0.1) is 6.04 Å². The summed E-state index contributed by atoms with van der Waals surface area (Å²) in [6.07, 6.45) is -0.630. The Labute approximate surface area is 122 Å². The summed E-state index contributed by atoms with van der Waals surface area (Å²) in [5.74, 6) is -0.554. The summed E-state index contributed by atoms with van der Waals surface area (Å²) in [5.41, 5.74) is 1.17. The summed E-state index contributed by atoms with van der Waals surface area (Å²) >= 11 is 0. The van der Waals surface area contributed by atoms with E-state index in [9.17, 15) is 14.3 Å². The van der Waals surface area contributed by atoms with Crippen molar-refractivity contribution in [3.05, 3.63) is 65.5 Å². The third-order valence-electron chi connectivity index (χ3n) is 3.00. The van der Waals surface area contributed by atoms with E-state index in [0.717, 1.165) is 11.6 Å². The quantitative estimate of drug-likeness (QED) is 0.905. The number of halogens is 1. The number of rotatable bonds is 4. The predicted octanol–water partition coefficient (Wildman–Crippen LogP) is 3.52. The van der Waals surface area contributed by atoms with Gasteiger partial charge in [-0.15, -0.1) is 0 Å². The monoisotopic (exact) mass is 289 g/mol.